The van der Waals surface area contributed by atoms with Gasteiger partial charge in [-0.2, -0.15) is 0 Å². The predicted octanol–water partition coefficient (Wildman–Crippen LogP) is 2.52. The van der Waals surface area contributed by atoms with Crippen LogP contribution in [0.15, 0.2) is 18.2 Å². The number of rotatable bonds is 5. The molecular weight excluding hydrogens is 226 g/mol. The number of carbonyl (C=O) groups is 1. The van der Waals surface area contributed by atoms with Gasteiger partial charge in [0.15, 0.2) is 5.78 Å². The Morgan fingerprint density at radius 3 is 2.69 bits per heavy atom. The van der Waals surface area contributed by atoms with Crippen molar-refractivity contribution < 1.29 is 9.53 Å². The number of carbonyl (C=O) groups excluding carboxylic acids is 1. The third-order valence-electron chi connectivity index (χ3n) is 2.59. The highest BCUT2D eigenvalue weighted by atomic mass is 35.5. The maximum atomic E-state index is 12.0. The average Bonchev–Trinajstić information content (AvgIpc) is 2.30. The van der Waals surface area contributed by atoms with Crippen molar-refractivity contribution in [3.8, 4) is 5.75 Å². The summed E-state index contributed by atoms with van der Waals surface area (Å²) < 4.78 is 5.02. The lowest BCUT2D eigenvalue weighted by atomic mass is 9.95. The Labute approximate surface area is 101 Å². The van der Waals surface area contributed by atoms with Gasteiger partial charge in [0, 0.05) is 18.0 Å². The first-order chi connectivity index (χ1) is 7.63. The van der Waals surface area contributed by atoms with Crippen LogP contribution in [-0.4, -0.2) is 19.4 Å². The Hall–Kier alpha value is -1.06. The van der Waals surface area contributed by atoms with E-state index in [0.717, 1.165) is 6.42 Å². The van der Waals surface area contributed by atoms with Crippen LogP contribution in [0.5, 0.6) is 5.75 Å². The molecule has 0 saturated carbocycles. The molecule has 2 N–H and O–H groups in total. The summed E-state index contributed by atoms with van der Waals surface area (Å²) in [7, 11) is 1.56. The molecule has 4 heteroatoms. The Kier molecular flexibility index (Phi) is 4.77. The van der Waals surface area contributed by atoms with Crippen molar-refractivity contribution in [2.45, 2.75) is 13.3 Å². The third-order valence-corrected chi connectivity index (χ3v) is 2.90. The van der Waals surface area contributed by atoms with E-state index >= 15 is 0 Å². The summed E-state index contributed by atoms with van der Waals surface area (Å²) in [6.45, 7) is 2.28. The summed E-state index contributed by atoms with van der Waals surface area (Å²) in [5.41, 5.74) is 6.05. The zero-order valence-electron chi connectivity index (χ0n) is 9.50. The second-order valence-electron chi connectivity index (χ2n) is 3.55. The van der Waals surface area contributed by atoms with Crippen molar-refractivity contribution >= 4 is 17.4 Å². The van der Waals surface area contributed by atoms with Gasteiger partial charge < -0.3 is 10.5 Å². The molecule has 16 heavy (non-hydrogen) atoms. The minimum atomic E-state index is -0.161. The minimum absolute atomic E-state index is 0.00217. The number of ether oxygens (including phenoxy) is 1. The average molecular weight is 242 g/mol. The number of methoxy groups -OCH3 is 1. The molecule has 0 fully saturated rings. The first-order valence-electron chi connectivity index (χ1n) is 5.21. The van der Waals surface area contributed by atoms with E-state index in [4.69, 9.17) is 22.1 Å². The van der Waals surface area contributed by atoms with Crippen molar-refractivity contribution in [3.05, 3.63) is 28.8 Å². The van der Waals surface area contributed by atoms with Gasteiger partial charge in [0.05, 0.1) is 12.1 Å². The van der Waals surface area contributed by atoms with Crippen LogP contribution in [0.1, 0.15) is 23.7 Å². The molecule has 0 radical (unpaired) electrons. The summed E-state index contributed by atoms with van der Waals surface area (Å²) in [6, 6.07) is 5.04. The van der Waals surface area contributed by atoms with Gasteiger partial charge in [-0.3, -0.25) is 4.79 Å². The monoisotopic (exact) mass is 241 g/mol. The number of ketones is 1. The molecule has 88 valence electrons. The summed E-state index contributed by atoms with van der Waals surface area (Å²) in [6.07, 6.45) is 0.720. The van der Waals surface area contributed by atoms with Gasteiger partial charge in [-0.05, 0) is 24.6 Å². The van der Waals surface area contributed by atoms with Crippen LogP contribution < -0.4 is 10.5 Å². The molecule has 0 amide bonds. The van der Waals surface area contributed by atoms with E-state index in [-0.39, 0.29) is 11.7 Å². The van der Waals surface area contributed by atoms with Crippen molar-refractivity contribution in [1.29, 1.82) is 0 Å². The quantitative estimate of drug-likeness (QED) is 0.806. The van der Waals surface area contributed by atoms with E-state index in [9.17, 15) is 4.79 Å². The van der Waals surface area contributed by atoms with Crippen LogP contribution in [0.2, 0.25) is 5.02 Å². The fourth-order valence-electron chi connectivity index (χ4n) is 1.50. The van der Waals surface area contributed by atoms with Crippen LogP contribution in [0.4, 0.5) is 0 Å². The Morgan fingerprint density at radius 2 is 2.25 bits per heavy atom. The van der Waals surface area contributed by atoms with Crippen molar-refractivity contribution in [3.63, 3.8) is 0 Å². The zero-order chi connectivity index (χ0) is 12.1. The SMILES string of the molecule is CCC(CN)C(=O)c1ccc(OC)cc1Cl. The fraction of sp³-hybridized carbons (Fsp3) is 0.417. The highest BCUT2D eigenvalue weighted by Gasteiger charge is 2.19. The van der Waals surface area contributed by atoms with Gasteiger partial charge >= 0.3 is 0 Å². The van der Waals surface area contributed by atoms with Gasteiger partial charge in [-0.15, -0.1) is 0 Å². The van der Waals surface area contributed by atoms with Crippen molar-refractivity contribution in [2.75, 3.05) is 13.7 Å². The van der Waals surface area contributed by atoms with Crippen LogP contribution in [0.25, 0.3) is 0 Å². The van der Waals surface area contributed by atoms with Crippen molar-refractivity contribution in [1.82, 2.24) is 0 Å². The highest BCUT2D eigenvalue weighted by molar-refractivity contribution is 6.34. The molecule has 1 atom stereocenters. The molecule has 1 aromatic rings. The number of Topliss-reactive ketones (excluding diaryl/α,β-unsaturated/α-hetero) is 1. The summed E-state index contributed by atoms with van der Waals surface area (Å²) in [5, 5.41) is 0.413. The molecule has 3 nitrogen and oxygen atoms in total. The maximum absolute atomic E-state index is 12.0. The summed E-state index contributed by atoms with van der Waals surface area (Å²) >= 11 is 6.02. The van der Waals surface area contributed by atoms with E-state index in [1.807, 2.05) is 6.92 Å². The molecule has 1 unspecified atom stereocenters. The Morgan fingerprint density at radius 1 is 1.56 bits per heavy atom. The highest BCUT2D eigenvalue weighted by Crippen LogP contribution is 2.25. The van der Waals surface area contributed by atoms with Gasteiger partial charge in [-0.1, -0.05) is 18.5 Å². The summed E-state index contributed by atoms with van der Waals surface area (Å²) in [5.74, 6) is 0.478. The molecule has 0 aliphatic rings. The summed E-state index contributed by atoms with van der Waals surface area (Å²) in [4.78, 5) is 12.0. The van der Waals surface area contributed by atoms with Crippen LogP contribution >= 0.6 is 11.6 Å². The van der Waals surface area contributed by atoms with Gasteiger partial charge in [0.25, 0.3) is 0 Å². The Bertz CT molecular complexity index is 375. The Balaban J connectivity index is 3.00. The maximum Gasteiger partial charge on any atom is 0.168 e. The molecule has 0 aromatic heterocycles. The standard InChI is InChI=1S/C12H16ClNO2/c1-3-8(7-14)12(15)10-5-4-9(16-2)6-11(10)13/h4-6,8H,3,7,14H2,1-2H3. The number of nitrogens with two attached hydrogens (primary N) is 1. The zero-order valence-corrected chi connectivity index (χ0v) is 10.3. The van der Waals surface area contributed by atoms with Gasteiger partial charge in [0.2, 0.25) is 0 Å². The molecule has 0 saturated heterocycles. The molecule has 0 heterocycles. The number of benzene rings is 1. The number of hydrogen-bond acceptors (Lipinski definition) is 3. The minimum Gasteiger partial charge on any atom is -0.497 e. The number of halogens is 1. The first-order valence-corrected chi connectivity index (χ1v) is 5.59. The van der Waals surface area contributed by atoms with Crippen LogP contribution in [-0.2, 0) is 0 Å². The van der Waals surface area contributed by atoms with E-state index in [1.165, 1.54) is 0 Å². The lowest BCUT2D eigenvalue weighted by Gasteiger charge is -2.12. The van der Waals surface area contributed by atoms with E-state index in [1.54, 1.807) is 25.3 Å². The third kappa shape index (κ3) is 2.74. The second-order valence-corrected chi connectivity index (χ2v) is 3.96. The van der Waals surface area contributed by atoms with E-state index in [0.29, 0.717) is 22.9 Å². The molecule has 1 aromatic carbocycles. The topological polar surface area (TPSA) is 52.3 Å². The lowest BCUT2D eigenvalue weighted by Crippen LogP contribution is -2.23. The fourth-order valence-corrected chi connectivity index (χ4v) is 1.77. The van der Waals surface area contributed by atoms with Crippen LogP contribution in [0.3, 0.4) is 0 Å². The van der Waals surface area contributed by atoms with Gasteiger partial charge in [-0.25, -0.2) is 0 Å². The molecule has 0 spiro atoms. The van der Waals surface area contributed by atoms with E-state index in [2.05, 4.69) is 0 Å². The molecule has 0 bridgehead atoms. The first kappa shape index (κ1) is 13.0. The van der Waals surface area contributed by atoms with Gasteiger partial charge in [0.1, 0.15) is 5.75 Å². The molecule has 0 aliphatic heterocycles. The second kappa shape index (κ2) is 5.87. The van der Waals surface area contributed by atoms with E-state index < -0.39 is 0 Å². The largest absolute Gasteiger partial charge is 0.497 e. The normalized spacial score (nSPS) is 12.2. The number of hydrogen-bond donors (Lipinski definition) is 1. The molecular formula is C12H16ClNO2. The van der Waals surface area contributed by atoms with Crippen molar-refractivity contribution in [2.24, 2.45) is 11.7 Å². The molecule has 1 rings (SSSR count). The molecule has 0 aliphatic carbocycles. The van der Waals surface area contributed by atoms with Crippen LogP contribution in [0, 0.1) is 5.92 Å². The lowest BCUT2D eigenvalue weighted by molar-refractivity contribution is 0.0921. The predicted molar refractivity (Wildman–Crippen MR) is 65.2 cm³/mol. The smallest absolute Gasteiger partial charge is 0.168 e.